The Hall–Kier alpha value is -2.23. The molecule has 124 valence electrons. The number of aromatic nitrogens is 2. The third kappa shape index (κ3) is 3.81. The number of nitrogens with zero attached hydrogens (tertiary/aromatic N) is 2. The molecule has 4 nitrogen and oxygen atoms in total. The fraction of sp³-hybridized carbons (Fsp3) is 0.211. The van der Waals surface area contributed by atoms with Gasteiger partial charge in [-0.25, -0.2) is 0 Å². The second-order valence-electron chi connectivity index (χ2n) is 5.54. The van der Waals surface area contributed by atoms with Crippen molar-refractivity contribution in [2.45, 2.75) is 13.1 Å². The first kappa shape index (κ1) is 16.6. The molecular weight excluding hydrogens is 367 g/mol. The number of benzene rings is 2. The van der Waals surface area contributed by atoms with Gasteiger partial charge in [0.05, 0.1) is 0 Å². The number of ether oxygens (including phenoxy) is 2. The Bertz CT molecular complexity index is 813. The van der Waals surface area contributed by atoms with E-state index in [0.717, 1.165) is 28.9 Å². The molecular formula is C19H20N2O2Se. The molecule has 0 aliphatic heterocycles. The molecule has 0 unspecified atom stereocenters. The summed E-state index contributed by atoms with van der Waals surface area (Å²) in [5, 5.41) is 0. The van der Waals surface area contributed by atoms with Crippen LogP contribution < -0.4 is 9.47 Å². The fourth-order valence-electron chi connectivity index (χ4n) is 2.63. The van der Waals surface area contributed by atoms with Crippen molar-refractivity contribution in [1.29, 1.82) is 0 Å². The Morgan fingerprint density at radius 1 is 0.792 bits per heavy atom. The zero-order valence-electron chi connectivity index (χ0n) is 13.8. The molecule has 2 aromatic carbocycles. The van der Waals surface area contributed by atoms with Crippen molar-refractivity contribution < 1.29 is 9.47 Å². The van der Waals surface area contributed by atoms with Crippen LogP contribution in [-0.4, -0.2) is 38.9 Å². The summed E-state index contributed by atoms with van der Waals surface area (Å²) in [6.07, 6.45) is 4.18. The van der Waals surface area contributed by atoms with Gasteiger partial charge in [-0.3, -0.25) is 0 Å². The van der Waals surface area contributed by atoms with E-state index in [1.54, 1.807) is 14.2 Å². The summed E-state index contributed by atoms with van der Waals surface area (Å²) in [5.74, 6) is 1.76. The van der Waals surface area contributed by atoms with Crippen molar-refractivity contribution in [3.05, 3.63) is 76.4 Å². The van der Waals surface area contributed by atoms with Crippen LogP contribution in [-0.2, 0) is 13.1 Å². The van der Waals surface area contributed by atoms with Crippen molar-refractivity contribution in [3.63, 3.8) is 0 Å². The van der Waals surface area contributed by atoms with E-state index in [2.05, 4.69) is 61.4 Å². The van der Waals surface area contributed by atoms with Gasteiger partial charge in [0.25, 0.3) is 0 Å². The molecule has 1 aromatic heterocycles. The summed E-state index contributed by atoms with van der Waals surface area (Å²) in [4.78, 5) is 0. The quantitative estimate of drug-likeness (QED) is 0.608. The molecule has 0 N–H and O–H groups in total. The van der Waals surface area contributed by atoms with E-state index in [4.69, 9.17) is 9.47 Å². The summed E-state index contributed by atoms with van der Waals surface area (Å²) in [6, 6.07) is 16.3. The van der Waals surface area contributed by atoms with Crippen LogP contribution in [0.2, 0.25) is 0 Å². The molecule has 0 amide bonds. The minimum atomic E-state index is 0.796. The maximum atomic E-state index is 5.29. The first-order valence-electron chi connectivity index (χ1n) is 7.71. The van der Waals surface area contributed by atoms with Crippen LogP contribution in [0.1, 0.15) is 11.1 Å². The molecule has 0 bridgehead atoms. The second kappa shape index (κ2) is 7.56. The van der Waals surface area contributed by atoms with E-state index in [0.29, 0.717) is 0 Å². The molecule has 1 heterocycles. The first-order chi connectivity index (χ1) is 11.7. The predicted molar refractivity (Wildman–Crippen MR) is 95.6 cm³/mol. The molecule has 0 aliphatic carbocycles. The third-order valence-electron chi connectivity index (χ3n) is 3.89. The van der Waals surface area contributed by atoms with E-state index in [9.17, 15) is 0 Å². The number of hydrogen-bond donors (Lipinski definition) is 0. The summed E-state index contributed by atoms with van der Waals surface area (Å²) in [6.45, 7) is 1.59. The van der Waals surface area contributed by atoms with Gasteiger partial charge in [-0.05, 0) is 0 Å². The summed E-state index contributed by atoms with van der Waals surface area (Å²) < 4.78 is 16.1. The Morgan fingerprint density at radius 2 is 1.25 bits per heavy atom. The van der Waals surface area contributed by atoms with Crippen LogP contribution in [0, 0.1) is 4.32 Å². The SMILES string of the molecule is COc1cccc(Cn2ccn(Cc3cccc(OC)c3)c2=[Se])c1. The van der Waals surface area contributed by atoms with E-state index >= 15 is 0 Å². The molecule has 0 aliphatic rings. The Balaban J connectivity index is 1.79. The molecule has 0 fully saturated rings. The predicted octanol–water partition coefficient (Wildman–Crippen LogP) is 3.10. The van der Waals surface area contributed by atoms with Crippen LogP contribution in [0.3, 0.4) is 0 Å². The van der Waals surface area contributed by atoms with Gasteiger partial charge in [0.2, 0.25) is 0 Å². The van der Waals surface area contributed by atoms with Crippen LogP contribution in [0.4, 0.5) is 0 Å². The van der Waals surface area contributed by atoms with Gasteiger partial charge in [0.15, 0.2) is 0 Å². The number of hydrogen-bond acceptors (Lipinski definition) is 2. The van der Waals surface area contributed by atoms with Crippen molar-refractivity contribution >= 4 is 15.6 Å². The molecule has 0 radical (unpaired) electrons. The Labute approximate surface area is 149 Å². The Morgan fingerprint density at radius 3 is 1.67 bits per heavy atom. The molecule has 3 aromatic rings. The van der Waals surface area contributed by atoms with Crippen LogP contribution in [0.15, 0.2) is 60.9 Å². The normalized spacial score (nSPS) is 10.6. The van der Waals surface area contributed by atoms with Gasteiger partial charge < -0.3 is 0 Å². The van der Waals surface area contributed by atoms with E-state index in [-0.39, 0.29) is 0 Å². The molecule has 0 atom stereocenters. The average molecular weight is 387 g/mol. The number of methoxy groups -OCH3 is 2. The standard InChI is InChI=1S/C19H20N2O2Se/c1-22-17-7-3-5-15(11-17)13-20-9-10-21(19(20)24)14-16-6-4-8-18(12-16)23-2/h3-12H,13-14H2,1-2H3. The molecule has 5 heteroatoms. The third-order valence-corrected chi connectivity index (χ3v) is 4.88. The van der Waals surface area contributed by atoms with E-state index in [1.165, 1.54) is 11.1 Å². The van der Waals surface area contributed by atoms with Gasteiger partial charge in [0, 0.05) is 0 Å². The van der Waals surface area contributed by atoms with Gasteiger partial charge in [-0.1, -0.05) is 0 Å². The van der Waals surface area contributed by atoms with Crippen LogP contribution in [0.25, 0.3) is 0 Å². The van der Waals surface area contributed by atoms with Crippen LogP contribution in [0.5, 0.6) is 11.5 Å². The van der Waals surface area contributed by atoms with Gasteiger partial charge in [-0.15, -0.1) is 0 Å². The van der Waals surface area contributed by atoms with Crippen molar-refractivity contribution in [1.82, 2.24) is 9.13 Å². The maximum absolute atomic E-state index is 5.29. The fourth-order valence-corrected chi connectivity index (χ4v) is 3.16. The molecule has 0 spiro atoms. The number of imidazole rings is 1. The van der Waals surface area contributed by atoms with E-state index in [1.807, 2.05) is 24.3 Å². The summed E-state index contributed by atoms with van der Waals surface area (Å²) >= 11 is 3.18. The summed E-state index contributed by atoms with van der Waals surface area (Å²) in [7, 11) is 3.38. The zero-order valence-corrected chi connectivity index (χ0v) is 15.5. The molecule has 3 rings (SSSR count). The van der Waals surface area contributed by atoms with Crippen molar-refractivity contribution in [3.8, 4) is 11.5 Å². The van der Waals surface area contributed by atoms with Gasteiger partial charge >= 0.3 is 149 Å². The minimum absolute atomic E-state index is 0.796. The molecule has 24 heavy (non-hydrogen) atoms. The average Bonchev–Trinajstić information content (AvgIpc) is 2.95. The monoisotopic (exact) mass is 388 g/mol. The number of rotatable bonds is 6. The van der Waals surface area contributed by atoms with E-state index < -0.39 is 0 Å². The Kier molecular flexibility index (Phi) is 5.24. The first-order valence-corrected chi connectivity index (χ1v) is 8.56. The van der Waals surface area contributed by atoms with Crippen molar-refractivity contribution in [2.24, 2.45) is 0 Å². The zero-order chi connectivity index (χ0) is 16.9. The van der Waals surface area contributed by atoms with Gasteiger partial charge in [0.1, 0.15) is 0 Å². The molecule has 0 saturated carbocycles. The molecule has 0 saturated heterocycles. The second-order valence-corrected chi connectivity index (χ2v) is 6.31. The van der Waals surface area contributed by atoms with Crippen LogP contribution >= 0.6 is 0 Å². The van der Waals surface area contributed by atoms with Gasteiger partial charge in [-0.2, -0.15) is 0 Å². The topological polar surface area (TPSA) is 28.3 Å². The summed E-state index contributed by atoms with van der Waals surface area (Å²) in [5.41, 5.74) is 2.41. The van der Waals surface area contributed by atoms with Crippen molar-refractivity contribution in [2.75, 3.05) is 14.2 Å².